The Balaban J connectivity index is 1.46. The Labute approximate surface area is 217 Å². The second kappa shape index (κ2) is 9.27. The van der Waals surface area contributed by atoms with Crippen molar-refractivity contribution in [2.75, 3.05) is 16.8 Å². The Bertz CT molecular complexity index is 1640. The first-order chi connectivity index (χ1) is 17.5. The number of sulfone groups is 1. The van der Waals surface area contributed by atoms with Gasteiger partial charge in [-0.15, -0.1) is 0 Å². The van der Waals surface area contributed by atoms with Gasteiger partial charge in [0.25, 0.3) is 5.91 Å². The number of carbonyl (C=O) groups excluding carboxylic acids is 1. The number of H-pyrrole nitrogens is 1. The maximum atomic E-state index is 13.0. The van der Waals surface area contributed by atoms with Gasteiger partial charge in [-0.1, -0.05) is 51.1 Å². The summed E-state index contributed by atoms with van der Waals surface area (Å²) in [6, 6.07) is 15.4. The summed E-state index contributed by atoms with van der Waals surface area (Å²) in [7, 11) is -3.01. The lowest BCUT2D eigenvalue weighted by molar-refractivity contribution is 0.102. The number of allylic oxidation sites excluding steroid dienone is 1. The van der Waals surface area contributed by atoms with Gasteiger partial charge in [-0.3, -0.25) is 4.79 Å². The van der Waals surface area contributed by atoms with E-state index in [4.69, 9.17) is 0 Å². The molecule has 2 aromatic heterocycles. The molecule has 0 fully saturated rings. The zero-order valence-corrected chi connectivity index (χ0v) is 22.2. The maximum absolute atomic E-state index is 13.0. The number of benzene rings is 2. The van der Waals surface area contributed by atoms with Crippen molar-refractivity contribution in [3.8, 4) is 11.3 Å². The minimum atomic E-state index is -3.01. The number of anilines is 1. The van der Waals surface area contributed by atoms with E-state index in [-0.39, 0.29) is 22.8 Å². The largest absolute Gasteiger partial charge is 0.339 e. The highest BCUT2D eigenvalue weighted by Crippen LogP contribution is 2.34. The second-order valence-electron chi connectivity index (χ2n) is 10.5. The maximum Gasteiger partial charge on any atom is 0.255 e. The predicted molar refractivity (Wildman–Crippen MR) is 148 cm³/mol. The third-order valence-corrected chi connectivity index (χ3v) is 8.39. The molecule has 2 N–H and O–H groups in total. The molecule has 0 bridgehead atoms. The lowest BCUT2D eigenvalue weighted by atomic mass is 9.86. The predicted octanol–water partition coefficient (Wildman–Crippen LogP) is 5.69. The highest BCUT2D eigenvalue weighted by molar-refractivity contribution is 7.91. The van der Waals surface area contributed by atoms with Gasteiger partial charge in [-0.25, -0.2) is 18.4 Å². The molecule has 1 amide bonds. The van der Waals surface area contributed by atoms with Crippen LogP contribution in [0.2, 0.25) is 0 Å². The Morgan fingerprint density at radius 1 is 1.05 bits per heavy atom. The number of fused-ring (bicyclic) bond motifs is 1. The quantitative estimate of drug-likeness (QED) is 0.364. The van der Waals surface area contributed by atoms with Gasteiger partial charge < -0.3 is 10.3 Å². The molecule has 0 radical (unpaired) electrons. The topological polar surface area (TPSA) is 105 Å². The molecule has 2 aromatic carbocycles. The molecule has 0 spiro atoms. The smallest absolute Gasteiger partial charge is 0.255 e. The average Bonchev–Trinajstić information content (AvgIpc) is 3.29. The fourth-order valence-electron chi connectivity index (χ4n) is 4.59. The van der Waals surface area contributed by atoms with Crippen molar-refractivity contribution in [2.45, 2.75) is 39.5 Å². The molecule has 1 aliphatic rings. The first kappa shape index (κ1) is 24.9. The van der Waals surface area contributed by atoms with Gasteiger partial charge in [0.15, 0.2) is 9.84 Å². The number of aromatic nitrogens is 3. The number of nitrogens with zero attached hydrogens (tertiary/aromatic N) is 2. The summed E-state index contributed by atoms with van der Waals surface area (Å²) in [5.41, 5.74) is 7.54. The van der Waals surface area contributed by atoms with Crippen molar-refractivity contribution in [1.82, 2.24) is 15.0 Å². The number of hydrogen-bond acceptors (Lipinski definition) is 5. The highest BCUT2D eigenvalue weighted by atomic mass is 32.2. The van der Waals surface area contributed by atoms with E-state index in [1.165, 1.54) is 11.9 Å². The zero-order chi connectivity index (χ0) is 26.4. The highest BCUT2D eigenvalue weighted by Gasteiger charge is 2.21. The van der Waals surface area contributed by atoms with Crippen LogP contribution in [0.1, 0.15) is 54.4 Å². The summed E-state index contributed by atoms with van der Waals surface area (Å²) in [5.74, 6) is 0.0272. The van der Waals surface area contributed by atoms with Gasteiger partial charge in [-0.05, 0) is 59.7 Å². The Hall–Kier alpha value is -3.78. The van der Waals surface area contributed by atoms with Crippen molar-refractivity contribution in [3.63, 3.8) is 0 Å². The minimum Gasteiger partial charge on any atom is -0.339 e. The fraction of sp³-hybridized carbons (Fsp3) is 0.276. The molecule has 37 heavy (non-hydrogen) atoms. The van der Waals surface area contributed by atoms with Crippen molar-refractivity contribution in [3.05, 3.63) is 83.3 Å². The normalized spacial score (nSPS) is 15.4. The zero-order valence-electron chi connectivity index (χ0n) is 21.4. The number of hydrogen-bond donors (Lipinski definition) is 2. The van der Waals surface area contributed by atoms with Crippen LogP contribution in [0.3, 0.4) is 0 Å². The van der Waals surface area contributed by atoms with Crippen LogP contribution in [0, 0.1) is 6.92 Å². The Kier molecular flexibility index (Phi) is 6.23. The number of amides is 1. The van der Waals surface area contributed by atoms with Crippen molar-refractivity contribution in [1.29, 1.82) is 0 Å². The Morgan fingerprint density at radius 2 is 1.81 bits per heavy atom. The summed E-state index contributed by atoms with van der Waals surface area (Å²) in [6.45, 7) is 8.39. The Morgan fingerprint density at radius 3 is 2.49 bits per heavy atom. The molecule has 0 unspecified atom stereocenters. The molecule has 7 nitrogen and oxygen atoms in total. The van der Waals surface area contributed by atoms with E-state index < -0.39 is 9.84 Å². The van der Waals surface area contributed by atoms with Gasteiger partial charge >= 0.3 is 0 Å². The molecule has 4 aromatic rings. The third kappa shape index (κ3) is 5.06. The van der Waals surface area contributed by atoms with Gasteiger partial charge in [-0.2, -0.15) is 0 Å². The van der Waals surface area contributed by atoms with Crippen molar-refractivity contribution >= 4 is 38.0 Å². The van der Waals surface area contributed by atoms with Crippen LogP contribution < -0.4 is 5.32 Å². The molecule has 0 saturated carbocycles. The number of aromatic amines is 1. The van der Waals surface area contributed by atoms with E-state index in [1.807, 2.05) is 55.5 Å². The van der Waals surface area contributed by atoms with Crippen LogP contribution in [0.25, 0.3) is 27.9 Å². The van der Waals surface area contributed by atoms with Crippen molar-refractivity contribution < 1.29 is 13.2 Å². The van der Waals surface area contributed by atoms with Crippen molar-refractivity contribution in [2.24, 2.45) is 0 Å². The summed E-state index contributed by atoms with van der Waals surface area (Å²) >= 11 is 0. The second-order valence-corrected chi connectivity index (χ2v) is 12.7. The first-order valence-electron chi connectivity index (χ1n) is 12.3. The molecular formula is C29H30N4O3S. The van der Waals surface area contributed by atoms with Crippen LogP contribution in [-0.2, 0) is 15.3 Å². The summed E-state index contributed by atoms with van der Waals surface area (Å²) in [6.07, 6.45) is 3.75. The van der Waals surface area contributed by atoms with Crippen LogP contribution in [0.15, 0.2) is 60.9 Å². The minimum absolute atomic E-state index is 0.0200. The third-order valence-electron chi connectivity index (χ3n) is 6.89. The fourth-order valence-corrected chi connectivity index (χ4v) is 5.75. The van der Waals surface area contributed by atoms with Crippen LogP contribution >= 0.6 is 0 Å². The molecule has 8 heteroatoms. The number of carbonyl (C=O) groups is 1. The van der Waals surface area contributed by atoms with E-state index in [2.05, 4.69) is 41.0 Å². The van der Waals surface area contributed by atoms with E-state index >= 15 is 0 Å². The van der Waals surface area contributed by atoms with Gasteiger partial charge in [0.2, 0.25) is 0 Å². The molecule has 0 aliphatic carbocycles. The summed E-state index contributed by atoms with van der Waals surface area (Å²) in [5, 5.41) is 3.90. The monoisotopic (exact) mass is 514 g/mol. The van der Waals surface area contributed by atoms with E-state index in [9.17, 15) is 13.2 Å². The molecule has 190 valence electrons. The molecule has 3 heterocycles. The molecule has 1 aliphatic heterocycles. The molecule has 5 rings (SSSR count). The van der Waals surface area contributed by atoms with Crippen LogP contribution in [0.5, 0.6) is 0 Å². The average molecular weight is 515 g/mol. The number of rotatable bonds is 4. The lowest BCUT2D eigenvalue weighted by Crippen LogP contribution is -2.15. The van der Waals surface area contributed by atoms with Gasteiger partial charge in [0, 0.05) is 27.9 Å². The summed E-state index contributed by atoms with van der Waals surface area (Å²) in [4.78, 5) is 25.3. The SMILES string of the molecule is Cc1c(NC(=O)c2ccc(C(C)(C)C)cc2)cccc1-c1ncnc2[nH]c(C3=CCS(=O)(=O)CC3)cc12. The standard InChI is InChI=1S/C29H30N4O3S/c1-18-22(6-5-7-24(18)33-28(34)20-8-10-21(11-9-20)29(2,3)4)26-23-16-25(32-27(23)31-17-30-26)19-12-14-37(35,36)15-13-19/h5-12,16-17H,13-15H2,1-4H3,(H,33,34)(H,30,31,32). The van der Waals surface area contributed by atoms with Gasteiger partial charge in [0.1, 0.15) is 12.0 Å². The van der Waals surface area contributed by atoms with Crippen LogP contribution in [0.4, 0.5) is 5.69 Å². The first-order valence-corrected chi connectivity index (χ1v) is 14.1. The molecular weight excluding hydrogens is 484 g/mol. The molecule has 0 atom stereocenters. The molecule has 0 saturated heterocycles. The van der Waals surface area contributed by atoms with E-state index in [0.29, 0.717) is 23.3 Å². The van der Waals surface area contributed by atoms with E-state index in [0.717, 1.165) is 33.5 Å². The number of nitrogens with one attached hydrogen (secondary N) is 2. The summed E-state index contributed by atoms with van der Waals surface area (Å²) < 4.78 is 23.6. The lowest BCUT2D eigenvalue weighted by Gasteiger charge is -2.19. The van der Waals surface area contributed by atoms with E-state index in [1.54, 1.807) is 6.08 Å². The van der Waals surface area contributed by atoms with Crippen LogP contribution in [-0.4, -0.2) is 40.8 Å². The van der Waals surface area contributed by atoms with Gasteiger partial charge in [0.05, 0.1) is 17.2 Å².